The molecule has 2 aromatic heterocycles. The van der Waals surface area contributed by atoms with E-state index < -0.39 is 29.5 Å². The third-order valence-electron chi connectivity index (χ3n) is 6.18. The number of hydrogen-bond donors (Lipinski definition) is 2. The summed E-state index contributed by atoms with van der Waals surface area (Å²) in [6.07, 6.45) is 6.92. The highest BCUT2D eigenvalue weighted by Gasteiger charge is 2.35. The Kier molecular flexibility index (Phi) is 7.99. The third kappa shape index (κ3) is 6.53. The molecule has 0 aliphatic heterocycles. The van der Waals surface area contributed by atoms with Gasteiger partial charge in [0, 0.05) is 27.9 Å². The first-order chi connectivity index (χ1) is 19.7. The van der Waals surface area contributed by atoms with Crippen LogP contribution in [-0.4, -0.2) is 40.1 Å². The Morgan fingerprint density at radius 3 is 2.44 bits per heavy atom. The van der Waals surface area contributed by atoms with E-state index in [0.717, 1.165) is 26.9 Å². The van der Waals surface area contributed by atoms with E-state index in [1.807, 2.05) is 24.3 Å². The van der Waals surface area contributed by atoms with E-state index in [-0.39, 0.29) is 18.0 Å². The summed E-state index contributed by atoms with van der Waals surface area (Å²) in [5, 5.41) is 22.3. The number of hydrogen-bond acceptors (Lipinski definition) is 6. The number of benzene rings is 3. The molecule has 41 heavy (non-hydrogen) atoms. The summed E-state index contributed by atoms with van der Waals surface area (Å²) in [5.74, 6) is -2.12. The molecule has 0 radical (unpaired) electrons. The highest BCUT2D eigenvalue weighted by molar-refractivity contribution is 9.10. The molecule has 0 unspecified atom stereocenters. The van der Waals surface area contributed by atoms with Crippen LogP contribution in [0, 0.1) is 11.6 Å². The minimum absolute atomic E-state index is 0.231. The molecule has 1 amide bonds. The largest absolute Gasteiger partial charge is 0.381 e. The van der Waals surface area contributed by atoms with Gasteiger partial charge in [0.25, 0.3) is 0 Å². The van der Waals surface area contributed by atoms with Gasteiger partial charge in [-0.15, -0.1) is 0 Å². The fraction of sp³-hybridized carbons (Fsp3) is 0.107. The average molecular weight is 622 g/mol. The number of anilines is 1. The molecule has 0 saturated heterocycles. The lowest BCUT2D eigenvalue weighted by Gasteiger charge is -2.28. The van der Waals surface area contributed by atoms with Gasteiger partial charge in [0.2, 0.25) is 5.91 Å². The van der Waals surface area contributed by atoms with Crippen LogP contribution in [-0.2, 0) is 23.5 Å². The smallest absolute Gasteiger partial charge is 0.350 e. The molecular weight excluding hydrogens is 600 g/mol. The van der Waals surface area contributed by atoms with Crippen molar-refractivity contribution in [2.45, 2.75) is 18.7 Å². The zero-order chi connectivity index (χ0) is 29.0. The van der Waals surface area contributed by atoms with Gasteiger partial charge in [-0.3, -0.25) is 4.79 Å². The number of nitrogens with one attached hydrogen (secondary N) is 1. The van der Waals surface area contributed by atoms with Gasteiger partial charge in [-0.25, -0.2) is 32.5 Å². The van der Waals surface area contributed by atoms with Crippen molar-refractivity contribution in [3.63, 3.8) is 0 Å². The second kappa shape index (κ2) is 11.8. The van der Waals surface area contributed by atoms with Crippen molar-refractivity contribution in [1.82, 2.24) is 29.1 Å². The van der Waals surface area contributed by atoms with Crippen LogP contribution in [0.4, 0.5) is 14.5 Å². The van der Waals surface area contributed by atoms with Crippen molar-refractivity contribution in [3.05, 3.63) is 130 Å². The zero-order valence-electron chi connectivity index (χ0n) is 21.2. The highest BCUT2D eigenvalue weighted by atomic mass is 79.9. The van der Waals surface area contributed by atoms with Gasteiger partial charge in [-0.05, 0) is 54.1 Å². The van der Waals surface area contributed by atoms with E-state index in [4.69, 9.17) is 0 Å². The third-order valence-corrected chi connectivity index (χ3v) is 6.71. The number of nitrogens with zero attached hydrogens (tertiary/aromatic N) is 6. The van der Waals surface area contributed by atoms with Crippen LogP contribution in [0.2, 0.25) is 0 Å². The zero-order valence-corrected chi connectivity index (χ0v) is 22.8. The van der Waals surface area contributed by atoms with E-state index in [2.05, 4.69) is 36.4 Å². The Morgan fingerprint density at radius 1 is 1.00 bits per heavy atom. The first kappa shape index (κ1) is 27.8. The predicted octanol–water partition coefficient (Wildman–Crippen LogP) is 3.91. The second-order valence-electron chi connectivity index (χ2n) is 9.11. The Bertz CT molecular complexity index is 1750. The van der Waals surface area contributed by atoms with Gasteiger partial charge < -0.3 is 10.4 Å². The van der Waals surface area contributed by atoms with E-state index >= 15 is 0 Å². The minimum atomic E-state index is -2.02. The number of carbonyl (C=O) groups is 1. The molecule has 0 saturated carbocycles. The summed E-state index contributed by atoms with van der Waals surface area (Å²) in [5.41, 5.74) is -1.05. The number of aliphatic hydroxyl groups is 1. The van der Waals surface area contributed by atoms with Crippen LogP contribution < -0.4 is 11.0 Å². The van der Waals surface area contributed by atoms with E-state index in [9.17, 15) is 23.5 Å². The molecule has 208 valence electrons. The molecule has 0 aliphatic carbocycles. The maximum absolute atomic E-state index is 14.7. The van der Waals surface area contributed by atoms with Crippen LogP contribution in [0.15, 0.2) is 101 Å². The van der Waals surface area contributed by atoms with Crippen molar-refractivity contribution in [2.75, 3.05) is 5.32 Å². The van der Waals surface area contributed by atoms with Gasteiger partial charge in [0.1, 0.15) is 36.2 Å². The first-order valence-corrected chi connectivity index (χ1v) is 13.0. The second-order valence-corrected chi connectivity index (χ2v) is 10.0. The molecule has 0 aliphatic rings. The van der Waals surface area contributed by atoms with Gasteiger partial charge in [0.05, 0.1) is 18.8 Å². The molecule has 5 aromatic rings. The van der Waals surface area contributed by atoms with E-state index in [1.165, 1.54) is 34.3 Å². The predicted molar refractivity (Wildman–Crippen MR) is 150 cm³/mol. The van der Waals surface area contributed by atoms with Gasteiger partial charge >= 0.3 is 5.69 Å². The molecule has 0 fully saturated rings. The molecule has 0 bridgehead atoms. The Morgan fingerprint density at radius 2 is 1.76 bits per heavy atom. The topological polar surface area (TPSA) is 120 Å². The van der Waals surface area contributed by atoms with Crippen molar-refractivity contribution in [2.24, 2.45) is 0 Å². The lowest BCUT2D eigenvalue weighted by atomic mass is 9.93. The molecule has 13 heteroatoms. The van der Waals surface area contributed by atoms with Crippen LogP contribution in [0.25, 0.3) is 11.8 Å². The maximum Gasteiger partial charge on any atom is 0.350 e. The summed E-state index contributed by atoms with van der Waals surface area (Å²) in [4.78, 5) is 29.3. The average Bonchev–Trinajstić information content (AvgIpc) is 3.58. The number of rotatable bonds is 9. The fourth-order valence-corrected chi connectivity index (χ4v) is 4.44. The van der Waals surface area contributed by atoms with Crippen LogP contribution in [0.1, 0.15) is 11.1 Å². The van der Waals surface area contributed by atoms with Crippen molar-refractivity contribution in [1.29, 1.82) is 0 Å². The van der Waals surface area contributed by atoms with E-state index in [1.54, 1.807) is 30.3 Å². The lowest BCUT2D eigenvalue weighted by molar-refractivity contribution is -0.111. The number of carbonyl (C=O) groups excluding carboxylic acids is 1. The Hall–Kier alpha value is -4.75. The van der Waals surface area contributed by atoms with Gasteiger partial charge in [-0.2, -0.15) is 10.2 Å². The lowest BCUT2D eigenvalue weighted by Crippen LogP contribution is -2.41. The monoisotopic (exact) mass is 621 g/mol. The standard InChI is InChI=1S/C28H22BrF2N7O3/c29-20-4-1-19(2-5-20)3-12-26(39)35-22-7-9-23(10-8-22)37-18-34-38(27(37)40)15-28(41,14-36-17-32-16-33-36)24-11-6-21(30)13-25(24)31/h1-13,16-18,41H,14-15H2,(H,35,39)/b12-3+/t28-/m0/s1. The quantitative estimate of drug-likeness (QED) is 0.241. The normalized spacial score (nSPS) is 12.9. The minimum Gasteiger partial charge on any atom is -0.381 e. The number of aromatic nitrogens is 6. The summed E-state index contributed by atoms with van der Waals surface area (Å²) < 4.78 is 32.7. The van der Waals surface area contributed by atoms with Crippen LogP contribution >= 0.6 is 15.9 Å². The number of halogens is 3. The first-order valence-electron chi connectivity index (χ1n) is 12.2. The summed E-state index contributed by atoms with van der Waals surface area (Å²) in [7, 11) is 0. The SMILES string of the molecule is O=C(/C=C/c1ccc(Br)cc1)Nc1ccc(-n2cnn(C[C@@](O)(Cn3cncn3)c3ccc(F)cc3F)c2=O)cc1. The van der Waals surface area contributed by atoms with Crippen LogP contribution in [0.5, 0.6) is 0 Å². The Labute approximate surface area is 240 Å². The van der Waals surface area contributed by atoms with Crippen molar-refractivity contribution < 1.29 is 18.7 Å². The van der Waals surface area contributed by atoms with Gasteiger partial charge in [0.15, 0.2) is 0 Å². The van der Waals surface area contributed by atoms with Crippen molar-refractivity contribution in [3.8, 4) is 5.69 Å². The highest BCUT2D eigenvalue weighted by Crippen LogP contribution is 2.28. The molecule has 3 aromatic carbocycles. The molecule has 5 rings (SSSR count). The van der Waals surface area contributed by atoms with Crippen molar-refractivity contribution >= 4 is 33.6 Å². The summed E-state index contributed by atoms with van der Waals surface area (Å²) in [6, 6.07) is 16.7. The Balaban J connectivity index is 1.33. The molecule has 2 N–H and O–H groups in total. The fourth-order valence-electron chi connectivity index (χ4n) is 4.18. The molecule has 0 spiro atoms. The summed E-state index contributed by atoms with van der Waals surface area (Å²) in [6.45, 7) is -0.737. The van der Waals surface area contributed by atoms with Gasteiger partial charge in [-0.1, -0.05) is 34.1 Å². The molecule has 2 heterocycles. The van der Waals surface area contributed by atoms with E-state index in [0.29, 0.717) is 17.4 Å². The summed E-state index contributed by atoms with van der Waals surface area (Å²) >= 11 is 3.36. The molecule has 1 atom stereocenters. The molecule has 10 nitrogen and oxygen atoms in total. The maximum atomic E-state index is 14.7. The van der Waals surface area contributed by atoms with Crippen LogP contribution in [0.3, 0.4) is 0 Å². The molecular formula is C28H22BrF2N7O3. The number of amides is 1.